The van der Waals surface area contributed by atoms with Gasteiger partial charge in [-0.3, -0.25) is 9.89 Å². The van der Waals surface area contributed by atoms with Crippen LogP contribution in [0.5, 0.6) is 0 Å². The average molecular weight is 360 g/mol. The number of aromatic nitrogens is 2. The minimum Gasteiger partial charge on any atom is -0.385 e. The maximum atomic E-state index is 12.3. The molecular weight excluding hydrogens is 338 g/mol. The number of nitrogens with one attached hydrogen (secondary N) is 2. The highest BCUT2D eigenvalue weighted by Crippen LogP contribution is 2.60. The summed E-state index contributed by atoms with van der Waals surface area (Å²) in [6, 6.07) is 3.93. The van der Waals surface area contributed by atoms with Crippen LogP contribution in [-0.4, -0.2) is 27.3 Å². The van der Waals surface area contributed by atoms with Crippen molar-refractivity contribution >= 4 is 28.4 Å². The van der Waals surface area contributed by atoms with E-state index in [0.717, 1.165) is 29.3 Å². The number of fused-ring (bicyclic) bond motifs is 2. The van der Waals surface area contributed by atoms with E-state index >= 15 is 0 Å². The van der Waals surface area contributed by atoms with Crippen LogP contribution in [0.4, 0.5) is 0 Å². The molecule has 3 aliphatic rings. The fraction of sp³-hybridized carbons (Fsp3) is 0.579. The van der Waals surface area contributed by atoms with E-state index in [1.165, 1.54) is 12.8 Å². The number of amides is 1. The Hall–Kier alpha value is -1.59. The van der Waals surface area contributed by atoms with E-state index in [0.29, 0.717) is 29.7 Å². The monoisotopic (exact) mass is 359 g/mol. The molecule has 25 heavy (non-hydrogen) atoms. The summed E-state index contributed by atoms with van der Waals surface area (Å²) in [7, 11) is 0. The quantitative estimate of drug-likeness (QED) is 0.787. The van der Waals surface area contributed by atoms with Crippen molar-refractivity contribution in [3.05, 3.63) is 28.9 Å². The minimum absolute atomic E-state index is 0.207. The number of aliphatic hydroxyl groups is 1. The van der Waals surface area contributed by atoms with Gasteiger partial charge in [0.25, 0.3) is 0 Å². The predicted molar refractivity (Wildman–Crippen MR) is 95.1 cm³/mol. The lowest BCUT2D eigenvalue weighted by atomic mass is 9.86. The lowest BCUT2D eigenvalue weighted by Crippen LogP contribution is -2.36. The van der Waals surface area contributed by atoms with E-state index in [2.05, 4.69) is 15.5 Å². The summed E-state index contributed by atoms with van der Waals surface area (Å²) < 4.78 is 0. The van der Waals surface area contributed by atoms with Crippen molar-refractivity contribution in [1.29, 1.82) is 0 Å². The molecule has 5 rings (SSSR count). The van der Waals surface area contributed by atoms with Gasteiger partial charge >= 0.3 is 0 Å². The van der Waals surface area contributed by atoms with Gasteiger partial charge in [0.1, 0.15) is 0 Å². The maximum absolute atomic E-state index is 12.3. The summed E-state index contributed by atoms with van der Waals surface area (Å²) in [5, 5.41) is 23.0. The normalized spacial score (nSPS) is 34.4. The van der Waals surface area contributed by atoms with Crippen LogP contribution in [0.2, 0.25) is 5.02 Å². The van der Waals surface area contributed by atoms with Crippen molar-refractivity contribution in [3.63, 3.8) is 0 Å². The Morgan fingerprint density at radius 1 is 1.28 bits per heavy atom. The smallest absolute Gasteiger partial charge is 0.223 e. The van der Waals surface area contributed by atoms with Gasteiger partial charge in [-0.15, -0.1) is 0 Å². The van der Waals surface area contributed by atoms with Crippen molar-refractivity contribution in [2.45, 2.75) is 50.2 Å². The van der Waals surface area contributed by atoms with E-state index in [1.54, 1.807) is 6.20 Å². The number of hydrogen-bond donors (Lipinski definition) is 3. The molecule has 3 saturated carbocycles. The molecule has 1 heterocycles. The predicted octanol–water partition coefficient (Wildman–Crippen LogP) is 3.12. The molecule has 0 saturated heterocycles. The number of hydrogen-bond acceptors (Lipinski definition) is 3. The number of carbonyl (C=O) groups excluding carboxylic acids is 1. The molecular formula is C19H22ClN3O2. The van der Waals surface area contributed by atoms with Crippen molar-refractivity contribution < 1.29 is 9.90 Å². The van der Waals surface area contributed by atoms with Crippen molar-refractivity contribution in [1.82, 2.24) is 15.5 Å². The Morgan fingerprint density at radius 3 is 2.72 bits per heavy atom. The molecule has 0 bridgehead atoms. The first-order valence-corrected chi connectivity index (χ1v) is 9.59. The highest BCUT2D eigenvalue weighted by Gasteiger charge is 2.62. The molecule has 132 valence electrons. The highest BCUT2D eigenvalue weighted by molar-refractivity contribution is 6.31. The van der Waals surface area contributed by atoms with Crippen molar-refractivity contribution in [3.8, 4) is 0 Å². The van der Waals surface area contributed by atoms with E-state index in [9.17, 15) is 9.90 Å². The van der Waals surface area contributed by atoms with Gasteiger partial charge in [-0.05, 0) is 55.2 Å². The zero-order valence-electron chi connectivity index (χ0n) is 14.0. The second-order valence-electron chi connectivity index (χ2n) is 8.07. The summed E-state index contributed by atoms with van der Waals surface area (Å²) in [6.45, 7) is 0. The molecule has 0 unspecified atom stereocenters. The summed E-state index contributed by atoms with van der Waals surface area (Å²) in [5.41, 5.74) is 0.830. The molecule has 5 nitrogen and oxygen atoms in total. The first-order chi connectivity index (χ1) is 12.0. The van der Waals surface area contributed by atoms with Crippen LogP contribution in [0.3, 0.4) is 0 Å². The Morgan fingerprint density at radius 2 is 2.00 bits per heavy atom. The summed E-state index contributed by atoms with van der Waals surface area (Å²) in [5.74, 6) is 1.17. The highest BCUT2D eigenvalue weighted by atomic mass is 35.5. The lowest BCUT2D eigenvalue weighted by molar-refractivity contribution is -0.125. The third-order valence-corrected chi connectivity index (χ3v) is 6.76. The Bertz CT molecular complexity index is 830. The largest absolute Gasteiger partial charge is 0.385 e. The molecule has 0 radical (unpaired) electrons. The van der Waals surface area contributed by atoms with E-state index in [4.69, 9.17) is 11.6 Å². The van der Waals surface area contributed by atoms with Crippen LogP contribution in [0.25, 0.3) is 10.9 Å². The number of H-pyrrole nitrogens is 1. The number of carbonyl (C=O) groups is 1. The van der Waals surface area contributed by atoms with Gasteiger partial charge in [-0.2, -0.15) is 5.10 Å². The van der Waals surface area contributed by atoms with Gasteiger partial charge in [0.05, 0.1) is 17.3 Å². The summed E-state index contributed by atoms with van der Waals surface area (Å²) in [6.07, 6.45) is 7.50. The van der Waals surface area contributed by atoms with Crippen LogP contribution < -0.4 is 5.32 Å². The van der Waals surface area contributed by atoms with Gasteiger partial charge in [0, 0.05) is 22.4 Å². The first-order valence-electron chi connectivity index (χ1n) is 9.21. The minimum atomic E-state index is -0.878. The SMILES string of the molecule is O=C(N[C@H]1[C@@H]2C[C@@](O)(c3cc(Cl)cc4[nH]ncc34)C[C@@H]21)C1CCCC1. The van der Waals surface area contributed by atoms with Crippen molar-refractivity contribution in [2.75, 3.05) is 0 Å². The molecule has 3 fully saturated rings. The first kappa shape index (κ1) is 15.6. The van der Waals surface area contributed by atoms with E-state index < -0.39 is 5.60 Å². The van der Waals surface area contributed by atoms with Crippen LogP contribution >= 0.6 is 11.6 Å². The lowest BCUT2D eigenvalue weighted by Gasteiger charge is -2.27. The number of aromatic amines is 1. The molecule has 1 aromatic carbocycles. The number of halogens is 1. The van der Waals surface area contributed by atoms with Gasteiger partial charge < -0.3 is 10.4 Å². The second-order valence-corrected chi connectivity index (χ2v) is 8.50. The fourth-order valence-corrected chi connectivity index (χ4v) is 5.39. The second kappa shape index (κ2) is 5.45. The van der Waals surface area contributed by atoms with Gasteiger partial charge in [-0.1, -0.05) is 24.4 Å². The average Bonchev–Trinajstić information content (AvgIpc) is 3.12. The Balaban J connectivity index is 1.32. The Labute approximate surface area is 151 Å². The standard InChI is InChI=1S/C19H22ClN3O2/c20-11-5-15(14-9-21-23-16(14)6-11)19(25)7-12-13(8-19)17(12)22-18(24)10-3-1-2-4-10/h5-6,9-10,12-13,17,25H,1-4,7-8H2,(H,21,23)(H,22,24)/t12-,13+,17+,19+. The van der Waals surface area contributed by atoms with Gasteiger partial charge in [0.2, 0.25) is 5.91 Å². The van der Waals surface area contributed by atoms with Crippen molar-refractivity contribution in [2.24, 2.45) is 17.8 Å². The van der Waals surface area contributed by atoms with Crippen LogP contribution in [-0.2, 0) is 10.4 Å². The van der Waals surface area contributed by atoms with Crippen LogP contribution in [0.1, 0.15) is 44.1 Å². The zero-order valence-corrected chi connectivity index (χ0v) is 14.7. The molecule has 1 aromatic heterocycles. The molecule has 4 atom stereocenters. The zero-order chi connectivity index (χ0) is 17.2. The van der Waals surface area contributed by atoms with Crippen LogP contribution in [0.15, 0.2) is 18.3 Å². The molecule has 3 aliphatic carbocycles. The topological polar surface area (TPSA) is 78.0 Å². The summed E-state index contributed by atoms with van der Waals surface area (Å²) >= 11 is 6.22. The number of nitrogens with zero attached hydrogens (tertiary/aromatic N) is 1. The fourth-order valence-electron chi connectivity index (χ4n) is 5.17. The van der Waals surface area contributed by atoms with E-state index in [1.807, 2.05) is 12.1 Å². The number of rotatable bonds is 3. The molecule has 6 heteroatoms. The summed E-state index contributed by atoms with van der Waals surface area (Å²) in [4.78, 5) is 12.3. The van der Waals surface area contributed by atoms with E-state index in [-0.39, 0.29) is 17.9 Å². The number of benzene rings is 1. The molecule has 0 aliphatic heterocycles. The Kier molecular flexibility index (Phi) is 3.41. The molecule has 2 aromatic rings. The van der Waals surface area contributed by atoms with Crippen LogP contribution in [0, 0.1) is 17.8 Å². The molecule has 1 amide bonds. The third kappa shape index (κ3) is 2.48. The third-order valence-electron chi connectivity index (χ3n) is 6.54. The van der Waals surface area contributed by atoms with Gasteiger partial charge in [0.15, 0.2) is 0 Å². The van der Waals surface area contributed by atoms with Gasteiger partial charge in [-0.25, -0.2) is 0 Å². The maximum Gasteiger partial charge on any atom is 0.223 e. The molecule has 0 spiro atoms. The molecule has 3 N–H and O–H groups in total.